The number of nitrogens with zero attached hydrogens (tertiary/aromatic N) is 2. The summed E-state index contributed by atoms with van der Waals surface area (Å²) in [7, 11) is 5.29. The van der Waals surface area contributed by atoms with Crippen molar-refractivity contribution in [1.29, 1.82) is 0 Å². The molecule has 3 saturated heterocycles. The van der Waals surface area contributed by atoms with Gasteiger partial charge in [-0.05, 0) is 74.9 Å². The van der Waals surface area contributed by atoms with Crippen molar-refractivity contribution in [3.05, 3.63) is 0 Å². The number of carbonyl (C=O) groups excluding carboxylic acids is 1. The lowest BCUT2D eigenvalue weighted by Gasteiger charge is -2.49. The van der Waals surface area contributed by atoms with Gasteiger partial charge in [0.05, 0.1) is 47.2 Å². The van der Waals surface area contributed by atoms with Crippen LogP contribution in [0.2, 0.25) is 0 Å². The smallest absolute Gasteiger partial charge is 0.311 e. The van der Waals surface area contributed by atoms with Crippen molar-refractivity contribution in [1.82, 2.24) is 4.90 Å². The third-order valence-electron chi connectivity index (χ3n) is 12.1. The SMILES string of the molecule is CC[C@H]1OC(=O)[C@H](C)[C@H](OC2C[C@@](C)(OC)[C@@H](O)[C@H](C)O2)[C@@H](C)[C@@H](OC2O[C@H](C)C[C@H](N(C)C)[C@H]2O)[C@](C)(O)C[C@H](C)C2=NO[C@H]([C@H]2C)[C@]1(C)O. The number of fused-ring (bicyclic) bond motifs is 2. The van der Waals surface area contributed by atoms with Crippen LogP contribution in [0.25, 0.3) is 0 Å². The molecular formula is C37H66N2O12. The van der Waals surface area contributed by atoms with E-state index >= 15 is 0 Å². The molecular weight excluding hydrogens is 664 g/mol. The molecule has 0 radical (unpaired) electrons. The quantitative estimate of drug-likeness (QED) is 0.282. The Balaban J connectivity index is 1.82. The lowest BCUT2D eigenvalue weighted by Crippen LogP contribution is -2.61. The van der Waals surface area contributed by atoms with Crippen molar-refractivity contribution in [2.75, 3.05) is 21.2 Å². The van der Waals surface area contributed by atoms with Crippen molar-refractivity contribution in [2.24, 2.45) is 28.8 Å². The van der Waals surface area contributed by atoms with Gasteiger partial charge >= 0.3 is 5.97 Å². The summed E-state index contributed by atoms with van der Waals surface area (Å²) in [5, 5.41) is 51.2. The Morgan fingerprint density at radius 1 is 0.961 bits per heavy atom. The van der Waals surface area contributed by atoms with E-state index in [4.69, 9.17) is 33.3 Å². The summed E-state index contributed by atoms with van der Waals surface area (Å²) in [6.07, 6.45) is -7.51. The van der Waals surface area contributed by atoms with E-state index in [0.29, 0.717) is 18.6 Å². The standard InChI is InChI=1S/C37H66N2O12/c1-14-25-37(10,44)32-20(4)27(38-51-32)18(2)16-35(8,43)31(50-34-28(40)24(39(11)12)15-19(3)46-34)21(5)29(22(6)33(42)48-25)49-26-17-36(9,45-13)30(41)23(7)47-26/h18-26,28-32,34,40-41,43-44H,14-17H2,1-13H3/t18-,19+,20-,21+,22+,23-,24-,25+,26?,28+,29+,30-,31+,32+,34?,35+,36+,37+/m0/s1. The Kier molecular flexibility index (Phi) is 13.4. The molecule has 51 heavy (non-hydrogen) atoms. The Hall–Kier alpha value is -1.46. The molecule has 2 unspecified atom stereocenters. The molecule has 14 nitrogen and oxygen atoms in total. The average molecular weight is 731 g/mol. The lowest BCUT2D eigenvalue weighted by molar-refractivity contribution is -0.317. The minimum Gasteiger partial charge on any atom is -0.459 e. The van der Waals surface area contributed by atoms with Crippen LogP contribution in [0.1, 0.15) is 94.9 Å². The molecule has 0 aromatic heterocycles. The first-order valence-electron chi connectivity index (χ1n) is 18.7. The van der Waals surface area contributed by atoms with Gasteiger partial charge in [0.15, 0.2) is 18.7 Å². The monoisotopic (exact) mass is 730 g/mol. The highest BCUT2D eigenvalue weighted by atomic mass is 16.7. The van der Waals surface area contributed by atoms with E-state index in [-0.39, 0.29) is 36.8 Å². The number of rotatable bonds is 7. The number of aliphatic hydroxyl groups excluding tert-OH is 2. The van der Waals surface area contributed by atoms with Gasteiger partial charge < -0.3 is 58.6 Å². The second kappa shape index (κ2) is 16.1. The average Bonchev–Trinajstić information content (AvgIpc) is 3.45. The van der Waals surface area contributed by atoms with Gasteiger partial charge in [0.2, 0.25) is 0 Å². The molecule has 4 rings (SSSR count). The molecule has 0 aromatic carbocycles. The second-order valence-electron chi connectivity index (χ2n) is 16.7. The molecule has 4 N–H and O–H groups in total. The molecule has 4 aliphatic rings. The summed E-state index contributed by atoms with van der Waals surface area (Å²) >= 11 is 0. The highest BCUT2D eigenvalue weighted by Crippen LogP contribution is 2.42. The first-order chi connectivity index (χ1) is 23.6. The summed E-state index contributed by atoms with van der Waals surface area (Å²) < 4.78 is 37.6. The third-order valence-corrected chi connectivity index (χ3v) is 12.1. The van der Waals surface area contributed by atoms with Gasteiger partial charge in [-0.3, -0.25) is 4.79 Å². The molecule has 0 aliphatic carbocycles. The zero-order valence-corrected chi connectivity index (χ0v) is 32.9. The molecule has 0 amide bonds. The molecule has 0 aromatic rings. The van der Waals surface area contributed by atoms with Crippen LogP contribution in [-0.2, 0) is 38.1 Å². The van der Waals surface area contributed by atoms with Crippen LogP contribution in [0, 0.1) is 23.7 Å². The summed E-state index contributed by atoms with van der Waals surface area (Å²) in [4.78, 5) is 22.0. The first-order valence-corrected chi connectivity index (χ1v) is 18.7. The van der Waals surface area contributed by atoms with Gasteiger partial charge in [-0.15, -0.1) is 0 Å². The van der Waals surface area contributed by atoms with Gasteiger partial charge in [0.1, 0.15) is 23.9 Å². The summed E-state index contributed by atoms with van der Waals surface area (Å²) in [5.74, 6) is -3.02. The number of ether oxygens (including phenoxy) is 6. The summed E-state index contributed by atoms with van der Waals surface area (Å²) in [6.45, 7) is 17.8. The van der Waals surface area contributed by atoms with Crippen LogP contribution >= 0.6 is 0 Å². The number of esters is 1. The zero-order chi connectivity index (χ0) is 38.4. The van der Waals surface area contributed by atoms with Gasteiger partial charge in [-0.2, -0.15) is 0 Å². The Morgan fingerprint density at radius 2 is 1.61 bits per heavy atom. The van der Waals surface area contributed by atoms with Crippen LogP contribution in [0.15, 0.2) is 5.16 Å². The van der Waals surface area contributed by atoms with Gasteiger partial charge in [-0.1, -0.05) is 32.9 Å². The Morgan fingerprint density at radius 3 is 2.20 bits per heavy atom. The normalized spacial score (nSPS) is 50.3. The number of carbonyl (C=O) groups is 1. The van der Waals surface area contributed by atoms with E-state index in [1.165, 1.54) is 7.11 Å². The topological polar surface area (TPSA) is 178 Å². The highest BCUT2D eigenvalue weighted by molar-refractivity contribution is 5.89. The first kappa shape index (κ1) is 42.3. The van der Waals surface area contributed by atoms with Crippen LogP contribution in [-0.4, -0.2) is 142 Å². The fourth-order valence-electron chi connectivity index (χ4n) is 8.90. The number of cyclic esters (lactones) is 1. The van der Waals surface area contributed by atoms with Crippen LogP contribution in [0.5, 0.6) is 0 Å². The Labute approximate surface area is 304 Å². The molecule has 4 aliphatic heterocycles. The number of hydrogen-bond donors (Lipinski definition) is 4. The van der Waals surface area contributed by atoms with Gasteiger partial charge in [0, 0.05) is 37.3 Å². The van der Waals surface area contributed by atoms with Crippen molar-refractivity contribution in [3.63, 3.8) is 0 Å². The number of hydrogen-bond acceptors (Lipinski definition) is 14. The zero-order valence-electron chi connectivity index (χ0n) is 32.9. The lowest BCUT2D eigenvalue weighted by atomic mass is 9.74. The molecule has 14 heteroatoms. The van der Waals surface area contributed by atoms with Crippen molar-refractivity contribution < 1.29 is 58.5 Å². The van der Waals surface area contributed by atoms with E-state index in [1.54, 1.807) is 34.6 Å². The predicted molar refractivity (Wildman–Crippen MR) is 188 cm³/mol. The van der Waals surface area contributed by atoms with Crippen LogP contribution < -0.4 is 0 Å². The Bertz CT molecular complexity index is 1220. The second-order valence-corrected chi connectivity index (χ2v) is 16.7. The van der Waals surface area contributed by atoms with E-state index in [0.717, 1.165) is 0 Å². The largest absolute Gasteiger partial charge is 0.459 e. The van der Waals surface area contributed by atoms with Crippen molar-refractivity contribution >= 4 is 11.7 Å². The maximum absolute atomic E-state index is 14.2. The van der Waals surface area contributed by atoms with Crippen LogP contribution in [0.4, 0.5) is 0 Å². The number of likely N-dealkylation sites (N-methyl/N-ethyl adjacent to an activating group) is 1. The molecule has 0 spiro atoms. The van der Waals surface area contributed by atoms with Gasteiger partial charge in [0.25, 0.3) is 0 Å². The van der Waals surface area contributed by atoms with Gasteiger partial charge in [-0.25, -0.2) is 0 Å². The van der Waals surface area contributed by atoms with E-state index in [9.17, 15) is 25.2 Å². The molecule has 2 bridgehead atoms. The predicted octanol–water partition coefficient (Wildman–Crippen LogP) is 2.61. The number of methoxy groups -OCH3 is 1. The molecule has 3 fully saturated rings. The van der Waals surface area contributed by atoms with Crippen molar-refractivity contribution in [3.8, 4) is 0 Å². The third kappa shape index (κ3) is 8.60. The molecule has 0 saturated carbocycles. The van der Waals surface area contributed by atoms with Crippen molar-refractivity contribution in [2.45, 2.75) is 179 Å². The summed E-state index contributed by atoms with van der Waals surface area (Å²) in [6, 6.07) is -0.269. The number of aliphatic hydroxyl groups is 4. The van der Waals surface area contributed by atoms with E-state index in [1.807, 2.05) is 53.6 Å². The molecule has 296 valence electrons. The fourth-order valence-corrected chi connectivity index (χ4v) is 8.90. The van der Waals surface area contributed by atoms with Crippen LogP contribution in [0.3, 0.4) is 0 Å². The maximum Gasteiger partial charge on any atom is 0.311 e. The number of oxime groups is 1. The van der Waals surface area contributed by atoms with E-state index in [2.05, 4.69) is 5.16 Å². The minimum absolute atomic E-state index is 0.147. The maximum atomic E-state index is 14.2. The fraction of sp³-hybridized carbons (Fsp3) is 0.946. The molecule has 4 heterocycles. The van der Waals surface area contributed by atoms with E-state index < -0.39 is 89.9 Å². The minimum atomic E-state index is -1.60. The highest BCUT2D eigenvalue weighted by Gasteiger charge is 2.55. The summed E-state index contributed by atoms with van der Waals surface area (Å²) in [5.41, 5.74) is -3.54. The molecule has 18 atom stereocenters.